The van der Waals surface area contributed by atoms with Crippen LogP contribution in [0.4, 0.5) is 10.5 Å². The first-order valence-corrected chi connectivity index (χ1v) is 13.3. The lowest BCUT2D eigenvalue weighted by Gasteiger charge is -2.24. The van der Waals surface area contributed by atoms with Crippen LogP contribution in [0.15, 0.2) is 59.4 Å². The maximum Gasteiger partial charge on any atom is 0.503 e. The molecule has 2 aliphatic rings. The van der Waals surface area contributed by atoms with Gasteiger partial charge in [-0.25, -0.2) is 9.89 Å². The molecular formula is C29H32ClN3O5. The molecule has 2 aliphatic carbocycles. The van der Waals surface area contributed by atoms with Crippen LogP contribution in [0.3, 0.4) is 0 Å². The van der Waals surface area contributed by atoms with E-state index < -0.39 is 6.16 Å². The van der Waals surface area contributed by atoms with Crippen molar-refractivity contribution < 1.29 is 19.8 Å². The topological polar surface area (TPSA) is 132 Å². The van der Waals surface area contributed by atoms with Gasteiger partial charge in [0.25, 0.3) is 5.56 Å². The second-order valence-electron chi connectivity index (χ2n) is 10.1. The van der Waals surface area contributed by atoms with Crippen LogP contribution in [0.2, 0.25) is 5.15 Å². The highest BCUT2D eigenvalue weighted by atomic mass is 35.5. The zero-order valence-electron chi connectivity index (χ0n) is 21.0. The number of benzene rings is 2. The predicted octanol–water partition coefficient (Wildman–Crippen LogP) is 6.10. The summed E-state index contributed by atoms with van der Waals surface area (Å²) in [7, 11) is 0. The van der Waals surface area contributed by atoms with Crippen LogP contribution < -0.4 is 10.9 Å². The Morgan fingerprint density at radius 2 is 1.68 bits per heavy atom. The van der Waals surface area contributed by atoms with E-state index in [9.17, 15) is 9.59 Å². The van der Waals surface area contributed by atoms with Crippen LogP contribution >= 0.6 is 11.6 Å². The number of nitrogens with zero attached hydrogens (tertiary/aromatic N) is 1. The van der Waals surface area contributed by atoms with Crippen molar-refractivity contribution >= 4 is 29.4 Å². The lowest BCUT2D eigenvalue weighted by Crippen LogP contribution is -2.26. The summed E-state index contributed by atoms with van der Waals surface area (Å²) in [5, 5.41) is 23.6. The molecule has 2 fully saturated rings. The molecule has 1 amide bonds. The van der Waals surface area contributed by atoms with Gasteiger partial charge < -0.3 is 15.5 Å². The van der Waals surface area contributed by atoms with Crippen LogP contribution in [-0.2, 0) is 17.6 Å². The summed E-state index contributed by atoms with van der Waals surface area (Å²) in [6.07, 6.45) is 6.94. The number of carboxylic acid groups (broad SMARTS) is 2. The Bertz CT molecular complexity index is 1310. The first-order chi connectivity index (χ1) is 18.3. The number of halogens is 1. The van der Waals surface area contributed by atoms with E-state index >= 15 is 0 Å². The van der Waals surface area contributed by atoms with Crippen molar-refractivity contribution in [1.82, 2.24) is 10.2 Å². The molecule has 3 aromatic rings. The highest BCUT2D eigenvalue weighted by molar-refractivity contribution is 6.30. The van der Waals surface area contributed by atoms with Crippen LogP contribution in [0, 0.1) is 11.8 Å². The lowest BCUT2D eigenvalue weighted by molar-refractivity contribution is -0.118. The molecule has 2 saturated carbocycles. The van der Waals surface area contributed by atoms with E-state index in [0.29, 0.717) is 23.1 Å². The SMILES string of the molecule is O=C(Nc1cccc(CC2CC2)c1)C(c1ccc(Cc2cc(=O)[nH]nc2Cl)cc1)C1CCCC1.O=C(O)O. The van der Waals surface area contributed by atoms with Gasteiger partial charge in [-0.2, -0.15) is 5.10 Å². The molecule has 0 saturated heterocycles. The van der Waals surface area contributed by atoms with Gasteiger partial charge in [0.05, 0.1) is 5.92 Å². The van der Waals surface area contributed by atoms with Crippen molar-refractivity contribution in [1.29, 1.82) is 0 Å². The summed E-state index contributed by atoms with van der Waals surface area (Å²) >= 11 is 6.14. The molecule has 0 spiro atoms. The van der Waals surface area contributed by atoms with Crippen molar-refractivity contribution in [3.8, 4) is 0 Å². The fraction of sp³-hybridized carbons (Fsp3) is 0.379. The Hall–Kier alpha value is -3.65. The minimum Gasteiger partial charge on any atom is -0.450 e. The highest BCUT2D eigenvalue weighted by Crippen LogP contribution is 2.38. The van der Waals surface area contributed by atoms with Crippen molar-refractivity contribution in [2.75, 3.05) is 5.32 Å². The van der Waals surface area contributed by atoms with Crippen molar-refractivity contribution in [2.24, 2.45) is 11.8 Å². The lowest BCUT2D eigenvalue weighted by atomic mass is 9.83. The van der Waals surface area contributed by atoms with Crippen molar-refractivity contribution in [3.05, 3.63) is 92.4 Å². The van der Waals surface area contributed by atoms with Gasteiger partial charge in [0.15, 0.2) is 5.15 Å². The molecule has 0 bridgehead atoms. The molecule has 0 radical (unpaired) electrons. The first kappa shape index (κ1) is 27.4. The zero-order chi connectivity index (χ0) is 27.1. The summed E-state index contributed by atoms with van der Waals surface area (Å²) in [6, 6.07) is 18.0. The summed E-state index contributed by atoms with van der Waals surface area (Å²) in [6.45, 7) is 0. The van der Waals surface area contributed by atoms with Gasteiger partial charge in [-0.05, 0) is 72.8 Å². The maximum atomic E-state index is 13.5. The average Bonchev–Trinajstić information content (AvgIpc) is 3.52. The van der Waals surface area contributed by atoms with Crippen LogP contribution in [0.1, 0.15) is 66.7 Å². The van der Waals surface area contributed by atoms with E-state index in [-0.39, 0.29) is 17.4 Å². The Morgan fingerprint density at radius 3 is 2.34 bits per heavy atom. The summed E-state index contributed by atoms with van der Waals surface area (Å²) in [4.78, 5) is 33.7. The number of amides is 1. The number of H-pyrrole nitrogens is 1. The number of carbonyl (C=O) groups is 2. The summed E-state index contributed by atoms with van der Waals surface area (Å²) in [5.74, 6) is 1.07. The second-order valence-corrected chi connectivity index (χ2v) is 10.5. The molecular weight excluding hydrogens is 506 g/mol. The molecule has 1 atom stereocenters. The molecule has 38 heavy (non-hydrogen) atoms. The molecule has 1 aromatic heterocycles. The van der Waals surface area contributed by atoms with E-state index in [4.69, 9.17) is 26.6 Å². The fourth-order valence-corrected chi connectivity index (χ4v) is 5.36. The van der Waals surface area contributed by atoms with E-state index in [1.807, 2.05) is 24.3 Å². The van der Waals surface area contributed by atoms with Crippen LogP contribution in [0.5, 0.6) is 0 Å². The molecule has 5 rings (SSSR count). The number of carbonyl (C=O) groups excluding carboxylic acids is 1. The van der Waals surface area contributed by atoms with Gasteiger partial charge in [-0.1, -0.05) is 60.8 Å². The highest BCUT2D eigenvalue weighted by Gasteiger charge is 2.32. The number of aromatic nitrogens is 2. The largest absolute Gasteiger partial charge is 0.503 e. The number of anilines is 1. The van der Waals surface area contributed by atoms with Crippen molar-refractivity contribution in [3.63, 3.8) is 0 Å². The van der Waals surface area contributed by atoms with Gasteiger partial charge in [-0.15, -0.1) is 0 Å². The van der Waals surface area contributed by atoms with Gasteiger partial charge in [-0.3, -0.25) is 9.59 Å². The number of aromatic amines is 1. The zero-order valence-corrected chi connectivity index (χ0v) is 21.8. The van der Waals surface area contributed by atoms with E-state index in [1.165, 1.54) is 37.3 Å². The van der Waals surface area contributed by atoms with Crippen LogP contribution in [0.25, 0.3) is 0 Å². The average molecular weight is 538 g/mol. The molecule has 4 N–H and O–H groups in total. The molecule has 9 heteroatoms. The van der Waals surface area contributed by atoms with Gasteiger partial charge in [0, 0.05) is 23.7 Å². The standard InChI is InChI=1S/C28H30ClN3O2.CH2O3/c29-27-23(17-25(33)31-32-27)15-19-10-12-22(13-11-19)26(21-5-1-2-6-21)28(34)30-24-7-3-4-20(16-24)14-18-8-9-18;2-1(3)4/h3-4,7,10-13,16-18,21,26H,1-2,5-6,8-9,14-15H2,(H,30,34)(H,31,33);(H2,2,3,4). The minimum atomic E-state index is -1.83. The second kappa shape index (κ2) is 12.7. The molecule has 8 nitrogen and oxygen atoms in total. The third-order valence-corrected chi connectivity index (χ3v) is 7.46. The predicted molar refractivity (Wildman–Crippen MR) is 146 cm³/mol. The molecule has 1 heterocycles. The number of hydrogen-bond donors (Lipinski definition) is 4. The summed E-state index contributed by atoms with van der Waals surface area (Å²) in [5.41, 5.74) is 4.67. The molecule has 2 aromatic carbocycles. The quantitative estimate of drug-likeness (QED) is 0.274. The van der Waals surface area contributed by atoms with E-state index in [1.54, 1.807) is 0 Å². The first-order valence-electron chi connectivity index (χ1n) is 12.9. The van der Waals surface area contributed by atoms with Crippen LogP contribution in [-0.4, -0.2) is 32.5 Å². The Kier molecular flexibility index (Phi) is 9.18. The van der Waals surface area contributed by atoms with Gasteiger partial charge in [0.2, 0.25) is 5.91 Å². The molecule has 1 unspecified atom stereocenters. The third kappa shape index (κ3) is 7.92. The van der Waals surface area contributed by atoms with E-state index in [2.05, 4.69) is 39.8 Å². The smallest absolute Gasteiger partial charge is 0.450 e. The van der Waals surface area contributed by atoms with Gasteiger partial charge >= 0.3 is 6.16 Å². The number of nitrogens with one attached hydrogen (secondary N) is 2. The Labute approximate surface area is 226 Å². The van der Waals surface area contributed by atoms with Gasteiger partial charge in [0.1, 0.15) is 0 Å². The van der Waals surface area contributed by atoms with Crippen molar-refractivity contribution in [2.45, 2.75) is 57.3 Å². The normalized spacial score (nSPS) is 15.8. The molecule has 200 valence electrons. The van der Waals surface area contributed by atoms with E-state index in [0.717, 1.165) is 42.0 Å². The number of rotatable bonds is 8. The maximum absolute atomic E-state index is 13.5. The monoisotopic (exact) mass is 537 g/mol. The molecule has 0 aliphatic heterocycles. The summed E-state index contributed by atoms with van der Waals surface area (Å²) < 4.78 is 0. The number of hydrogen-bond acceptors (Lipinski definition) is 4. The Balaban J connectivity index is 0.000000786. The minimum absolute atomic E-state index is 0.0741. The Morgan fingerprint density at radius 1 is 1.00 bits per heavy atom. The fourth-order valence-electron chi connectivity index (χ4n) is 5.19. The third-order valence-electron chi connectivity index (χ3n) is 7.14.